The number of carboxylic acid groups (broad SMARTS) is 1. The minimum absolute atomic E-state index is 0.00452. The topological polar surface area (TPSA) is 70.5 Å². The van der Waals surface area contributed by atoms with Gasteiger partial charge in [-0.25, -0.2) is 4.98 Å². The lowest BCUT2D eigenvalue weighted by Gasteiger charge is -2.16. The molecule has 1 N–H and O–H groups in total. The number of aromatic nitrogens is 1. The van der Waals surface area contributed by atoms with Crippen LogP contribution in [0.3, 0.4) is 0 Å². The fourth-order valence-electron chi connectivity index (χ4n) is 3.04. The Hall–Kier alpha value is -2.21. The van der Waals surface area contributed by atoms with E-state index < -0.39 is 11.9 Å². The number of hydrogen-bond acceptors (Lipinski definition) is 4. The molecule has 0 saturated carbocycles. The van der Waals surface area contributed by atoms with E-state index >= 15 is 0 Å². The molecule has 1 saturated heterocycles. The zero-order valence-corrected chi connectivity index (χ0v) is 13.4. The average Bonchev–Trinajstić information content (AvgIpc) is 3.23. The lowest BCUT2D eigenvalue weighted by molar-refractivity contribution is -0.141. The molecule has 120 valence electrons. The molecule has 0 bridgehead atoms. The zero-order valence-electron chi connectivity index (χ0n) is 12.6. The van der Waals surface area contributed by atoms with Gasteiger partial charge >= 0.3 is 5.97 Å². The smallest absolute Gasteiger partial charge is 0.308 e. The monoisotopic (exact) mass is 330 g/mol. The molecule has 0 radical (unpaired) electrons. The summed E-state index contributed by atoms with van der Waals surface area (Å²) in [5, 5.41) is 12.3. The van der Waals surface area contributed by atoms with Crippen LogP contribution in [0, 0.1) is 5.92 Å². The number of rotatable bonds is 5. The van der Waals surface area contributed by atoms with Crippen LogP contribution in [0.15, 0.2) is 41.9 Å². The van der Waals surface area contributed by atoms with E-state index in [1.54, 1.807) is 11.1 Å². The molecule has 6 heteroatoms. The first-order chi connectivity index (χ1) is 11.1. The van der Waals surface area contributed by atoms with Crippen LogP contribution in [0.4, 0.5) is 0 Å². The molecule has 2 aromatic rings. The number of aryl methyl sites for hydroxylation is 1. The highest BCUT2D eigenvalue weighted by Crippen LogP contribution is 2.33. The van der Waals surface area contributed by atoms with Gasteiger partial charge in [0.25, 0.3) is 0 Å². The summed E-state index contributed by atoms with van der Waals surface area (Å²) in [6, 6.07) is 9.59. The van der Waals surface area contributed by atoms with Gasteiger partial charge in [-0.05, 0) is 5.56 Å². The number of aliphatic carboxylic acids is 1. The van der Waals surface area contributed by atoms with E-state index in [4.69, 9.17) is 0 Å². The molecular formula is C17H18N2O3S. The van der Waals surface area contributed by atoms with E-state index in [2.05, 4.69) is 4.98 Å². The van der Waals surface area contributed by atoms with Crippen molar-refractivity contribution in [1.82, 2.24) is 9.88 Å². The number of carbonyl (C=O) groups is 2. The largest absolute Gasteiger partial charge is 0.481 e. The number of amides is 1. The molecule has 1 aromatic carbocycles. The molecule has 1 aromatic heterocycles. The highest BCUT2D eigenvalue weighted by Gasteiger charge is 2.40. The highest BCUT2D eigenvalue weighted by atomic mass is 32.1. The Labute approximate surface area is 138 Å². The van der Waals surface area contributed by atoms with E-state index in [1.807, 2.05) is 35.7 Å². The first kappa shape index (κ1) is 15.7. The number of nitrogens with zero attached hydrogens (tertiary/aromatic N) is 2. The summed E-state index contributed by atoms with van der Waals surface area (Å²) in [5.41, 5.74) is 0.982. The Bertz CT molecular complexity index is 672. The van der Waals surface area contributed by atoms with Crippen molar-refractivity contribution in [3.63, 3.8) is 0 Å². The molecular weight excluding hydrogens is 312 g/mol. The van der Waals surface area contributed by atoms with Gasteiger partial charge in [-0.1, -0.05) is 30.3 Å². The molecule has 0 spiro atoms. The summed E-state index contributed by atoms with van der Waals surface area (Å²) in [6.45, 7) is 0.753. The maximum Gasteiger partial charge on any atom is 0.308 e. The second kappa shape index (κ2) is 6.91. The number of likely N-dealkylation sites (tertiary alicyclic amines) is 1. The Morgan fingerprint density at radius 3 is 2.70 bits per heavy atom. The van der Waals surface area contributed by atoms with Crippen molar-refractivity contribution in [3.8, 4) is 0 Å². The van der Waals surface area contributed by atoms with Crippen molar-refractivity contribution >= 4 is 23.2 Å². The number of thiazole rings is 1. The summed E-state index contributed by atoms with van der Waals surface area (Å²) in [6.07, 6.45) is 2.72. The van der Waals surface area contributed by atoms with Crippen LogP contribution in [0.5, 0.6) is 0 Å². The van der Waals surface area contributed by atoms with Crippen LogP contribution in [0.1, 0.15) is 22.9 Å². The SMILES string of the molecule is O=C(O)[C@@H]1CN(C(=O)CCc2nccs2)C[C@@H]1c1ccccc1. The summed E-state index contributed by atoms with van der Waals surface area (Å²) in [5.74, 6) is -1.52. The Morgan fingerprint density at radius 2 is 2.04 bits per heavy atom. The zero-order chi connectivity index (χ0) is 16.2. The third kappa shape index (κ3) is 3.59. The third-order valence-corrected chi connectivity index (χ3v) is 5.09. The normalized spacial score (nSPS) is 20.6. The quantitative estimate of drug-likeness (QED) is 0.914. The molecule has 1 fully saturated rings. The molecule has 23 heavy (non-hydrogen) atoms. The fraction of sp³-hybridized carbons (Fsp3) is 0.353. The van der Waals surface area contributed by atoms with E-state index in [-0.39, 0.29) is 18.4 Å². The molecule has 1 amide bonds. The molecule has 0 aliphatic carbocycles. The van der Waals surface area contributed by atoms with E-state index in [0.717, 1.165) is 10.6 Å². The Morgan fingerprint density at radius 1 is 1.26 bits per heavy atom. The third-order valence-electron chi connectivity index (χ3n) is 4.25. The second-order valence-corrected chi connectivity index (χ2v) is 6.67. The number of benzene rings is 1. The molecule has 0 unspecified atom stereocenters. The van der Waals surface area contributed by atoms with Gasteiger partial charge in [0.05, 0.1) is 10.9 Å². The molecule has 1 aliphatic heterocycles. The first-order valence-electron chi connectivity index (χ1n) is 7.59. The standard InChI is InChI=1S/C17H18N2O3S/c20-16(7-6-15-18-8-9-23-15)19-10-13(14(11-19)17(21)22)12-4-2-1-3-5-12/h1-5,8-9,13-14H,6-7,10-11H2,(H,21,22)/t13-,14-/m1/s1. The van der Waals surface area contributed by atoms with Crippen LogP contribution < -0.4 is 0 Å². The van der Waals surface area contributed by atoms with Gasteiger partial charge < -0.3 is 10.0 Å². The van der Waals surface area contributed by atoms with Gasteiger partial charge in [-0.2, -0.15) is 0 Å². The van der Waals surface area contributed by atoms with Crippen LogP contribution in [-0.2, 0) is 16.0 Å². The van der Waals surface area contributed by atoms with Crippen molar-refractivity contribution in [2.45, 2.75) is 18.8 Å². The van der Waals surface area contributed by atoms with Gasteiger partial charge in [0.1, 0.15) is 0 Å². The number of hydrogen-bond donors (Lipinski definition) is 1. The van der Waals surface area contributed by atoms with Crippen molar-refractivity contribution in [3.05, 3.63) is 52.5 Å². The van der Waals surface area contributed by atoms with Crippen LogP contribution in [0.25, 0.3) is 0 Å². The minimum Gasteiger partial charge on any atom is -0.481 e. The van der Waals surface area contributed by atoms with E-state index in [0.29, 0.717) is 19.4 Å². The number of carboxylic acids is 1. The maximum atomic E-state index is 12.4. The summed E-state index contributed by atoms with van der Waals surface area (Å²) < 4.78 is 0. The van der Waals surface area contributed by atoms with Crippen LogP contribution in [-0.4, -0.2) is 40.0 Å². The number of carbonyl (C=O) groups excluding carboxylic acids is 1. The van der Waals surface area contributed by atoms with E-state index in [1.165, 1.54) is 11.3 Å². The van der Waals surface area contributed by atoms with Crippen LogP contribution in [0.2, 0.25) is 0 Å². The van der Waals surface area contributed by atoms with E-state index in [9.17, 15) is 14.7 Å². The van der Waals surface area contributed by atoms with Gasteiger partial charge in [0.2, 0.25) is 5.91 Å². The Balaban J connectivity index is 1.67. The summed E-state index contributed by atoms with van der Waals surface area (Å²) in [4.78, 5) is 29.8. The lowest BCUT2D eigenvalue weighted by Crippen LogP contribution is -2.30. The predicted molar refractivity (Wildman–Crippen MR) is 87.3 cm³/mol. The van der Waals surface area contributed by atoms with Gasteiger partial charge in [-0.3, -0.25) is 9.59 Å². The summed E-state index contributed by atoms with van der Waals surface area (Å²) in [7, 11) is 0. The molecule has 2 atom stereocenters. The molecule has 3 rings (SSSR count). The van der Waals surface area contributed by atoms with Gasteiger partial charge in [0.15, 0.2) is 0 Å². The van der Waals surface area contributed by atoms with Gasteiger partial charge in [-0.15, -0.1) is 11.3 Å². The Kier molecular flexibility index (Phi) is 4.71. The highest BCUT2D eigenvalue weighted by molar-refractivity contribution is 7.09. The van der Waals surface area contributed by atoms with Crippen molar-refractivity contribution < 1.29 is 14.7 Å². The van der Waals surface area contributed by atoms with Crippen molar-refractivity contribution in [2.75, 3.05) is 13.1 Å². The molecule has 5 nitrogen and oxygen atoms in total. The maximum absolute atomic E-state index is 12.4. The molecule has 1 aliphatic rings. The summed E-state index contributed by atoms with van der Waals surface area (Å²) >= 11 is 1.53. The predicted octanol–water partition coefficient (Wildman–Crippen LogP) is 2.40. The van der Waals surface area contributed by atoms with Crippen molar-refractivity contribution in [1.29, 1.82) is 0 Å². The second-order valence-electron chi connectivity index (χ2n) is 5.69. The van der Waals surface area contributed by atoms with Crippen molar-refractivity contribution in [2.24, 2.45) is 5.92 Å². The minimum atomic E-state index is -0.839. The first-order valence-corrected chi connectivity index (χ1v) is 8.47. The fourth-order valence-corrected chi connectivity index (χ4v) is 3.66. The van der Waals surface area contributed by atoms with Gasteiger partial charge in [0, 0.05) is 43.4 Å². The van der Waals surface area contributed by atoms with Crippen LogP contribution >= 0.6 is 11.3 Å². The average molecular weight is 330 g/mol. The molecule has 2 heterocycles. The lowest BCUT2D eigenvalue weighted by atomic mass is 9.89.